The van der Waals surface area contributed by atoms with Crippen LogP contribution in [0.15, 0.2) is 53.0 Å². The summed E-state index contributed by atoms with van der Waals surface area (Å²) in [5, 5.41) is 4.78. The van der Waals surface area contributed by atoms with Crippen LogP contribution in [-0.4, -0.2) is 25.8 Å². The number of nitrogens with zero attached hydrogens (tertiary/aromatic N) is 4. The molecule has 1 aliphatic rings. The van der Waals surface area contributed by atoms with Crippen LogP contribution in [0.2, 0.25) is 0 Å². The zero-order chi connectivity index (χ0) is 17.4. The van der Waals surface area contributed by atoms with Gasteiger partial charge >= 0.3 is 0 Å². The molecule has 2 heterocycles. The number of hydrogen-bond acceptors (Lipinski definition) is 3. The summed E-state index contributed by atoms with van der Waals surface area (Å²) in [6, 6.07) is 16.8. The standard InChI is InChI=1S/C19H19BrN4S/c1-22-18(15-7-4-8-17(20)11-15)21-24(19(22)25)13-23-10-9-14-5-2-3-6-16(14)12-23/h2-8,11H,9-10,12-13H2,1H3. The molecule has 0 atom stereocenters. The highest BCUT2D eigenvalue weighted by molar-refractivity contribution is 9.10. The molecule has 25 heavy (non-hydrogen) atoms. The molecule has 0 fully saturated rings. The van der Waals surface area contributed by atoms with Crippen molar-refractivity contribution in [3.8, 4) is 11.4 Å². The van der Waals surface area contributed by atoms with Gasteiger partial charge in [-0.2, -0.15) is 5.10 Å². The largest absolute Gasteiger partial charge is 0.303 e. The van der Waals surface area contributed by atoms with Gasteiger partial charge in [-0.25, -0.2) is 4.68 Å². The van der Waals surface area contributed by atoms with Gasteiger partial charge in [-0.05, 0) is 41.9 Å². The third-order valence-corrected chi connectivity index (χ3v) is 5.65. The van der Waals surface area contributed by atoms with Gasteiger partial charge in [-0.15, -0.1) is 0 Å². The molecule has 0 aliphatic carbocycles. The molecule has 4 nitrogen and oxygen atoms in total. The maximum Gasteiger partial charge on any atom is 0.199 e. The Bertz CT molecular complexity index is 976. The fourth-order valence-corrected chi connectivity index (χ4v) is 3.91. The van der Waals surface area contributed by atoms with Gasteiger partial charge < -0.3 is 4.57 Å². The van der Waals surface area contributed by atoms with E-state index in [0.29, 0.717) is 0 Å². The van der Waals surface area contributed by atoms with E-state index in [1.165, 1.54) is 11.1 Å². The molecule has 3 aromatic rings. The predicted octanol–water partition coefficient (Wildman–Crippen LogP) is 4.40. The van der Waals surface area contributed by atoms with E-state index >= 15 is 0 Å². The lowest BCUT2D eigenvalue weighted by Gasteiger charge is -2.28. The molecule has 1 aromatic heterocycles. The molecule has 1 aliphatic heterocycles. The van der Waals surface area contributed by atoms with Crippen molar-refractivity contribution in [2.24, 2.45) is 7.05 Å². The number of benzene rings is 2. The van der Waals surface area contributed by atoms with Crippen molar-refractivity contribution in [2.75, 3.05) is 6.54 Å². The number of rotatable bonds is 3. The third kappa shape index (κ3) is 3.34. The molecule has 128 valence electrons. The van der Waals surface area contributed by atoms with Gasteiger partial charge in [0.25, 0.3) is 0 Å². The number of hydrogen-bond donors (Lipinski definition) is 0. The molecule has 4 rings (SSSR count). The third-order valence-electron chi connectivity index (χ3n) is 4.67. The van der Waals surface area contributed by atoms with Crippen LogP contribution in [0.3, 0.4) is 0 Å². The Balaban J connectivity index is 1.60. The van der Waals surface area contributed by atoms with Gasteiger partial charge in [0.2, 0.25) is 0 Å². The van der Waals surface area contributed by atoms with Crippen LogP contribution >= 0.6 is 28.1 Å². The lowest BCUT2D eigenvalue weighted by molar-refractivity contribution is 0.188. The lowest BCUT2D eigenvalue weighted by atomic mass is 10.0. The van der Waals surface area contributed by atoms with Crippen LogP contribution in [0.4, 0.5) is 0 Å². The van der Waals surface area contributed by atoms with Crippen LogP contribution in [0, 0.1) is 4.77 Å². The SMILES string of the molecule is Cn1c(-c2cccc(Br)c2)nn(CN2CCc3ccccc3C2)c1=S. The quantitative estimate of drug-likeness (QED) is 0.594. The van der Waals surface area contributed by atoms with Crippen LogP contribution < -0.4 is 0 Å². The highest BCUT2D eigenvalue weighted by Gasteiger charge is 2.18. The monoisotopic (exact) mass is 414 g/mol. The molecule has 6 heteroatoms. The highest BCUT2D eigenvalue weighted by Crippen LogP contribution is 2.23. The second kappa shape index (κ2) is 6.86. The summed E-state index contributed by atoms with van der Waals surface area (Å²) in [6.45, 7) is 2.69. The maximum absolute atomic E-state index is 5.62. The zero-order valence-electron chi connectivity index (χ0n) is 14.0. The fourth-order valence-electron chi connectivity index (χ4n) is 3.32. The van der Waals surface area contributed by atoms with Gasteiger partial charge in [0, 0.05) is 30.2 Å². The van der Waals surface area contributed by atoms with E-state index in [-0.39, 0.29) is 0 Å². The summed E-state index contributed by atoms with van der Waals surface area (Å²) in [4.78, 5) is 2.40. The predicted molar refractivity (Wildman–Crippen MR) is 106 cm³/mol. The minimum absolute atomic E-state index is 0.717. The van der Waals surface area contributed by atoms with Crippen molar-refractivity contribution in [1.82, 2.24) is 19.2 Å². The Morgan fingerprint density at radius 3 is 2.72 bits per heavy atom. The van der Waals surface area contributed by atoms with E-state index in [0.717, 1.165) is 46.8 Å². The Labute approximate surface area is 160 Å². The Kier molecular flexibility index (Phi) is 4.58. The molecule has 0 N–H and O–H groups in total. The molecular formula is C19H19BrN4S. The van der Waals surface area contributed by atoms with Crippen molar-refractivity contribution in [3.63, 3.8) is 0 Å². The van der Waals surface area contributed by atoms with Crippen molar-refractivity contribution >= 4 is 28.1 Å². The van der Waals surface area contributed by atoms with E-state index in [2.05, 4.69) is 57.2 Å². The number of aromatic nitrogens is 3. The van der Waals surface area contributed by atoms with Crippen LogP contribution in [0.5, 0.6) is 0 Å². The number of fused-ring (bicyclic) bond motifs is 1. The Morgan fingerprint density at radius 2 is 1.92 bits per heavy atom. The first-order chi connectivity index (χ1) is 12.1. The molecule has 0 radical (unpaired) electrons. The van der Waals surface area contributed by atoms with E-state index in [1.807, 2.05) is 28.4 Å². The normalized spacial score (nSPS) is 14.5. The molecular weight excluding hydrogens is 396 g/mol. The van der Waals surface area contributed by atoms with Gasteiger partial charge in [-0.3, -0.25) is 4.90 Å². The summed E-state index contributed by atoms with van der Waals surface area (Å²) in [5.74, 6) is 0.892. The summed E-state index contributed by atoms with van der Waals surface area (Å²) in [7, 11) is 1.98. The topological polar surface area (TPSA) is 26.0 Å². The molecule has 0 bridgehead atoms. The average molecular weight is 415 g/mol. The molecule has 0 saturated carbocycles. The van der Waals surface area contributed by atoms with Crippen LogP contribution in [0.25, 0.3) is 11.4 Å². The molecule has 0 saturated heterocycles. The average Bonchev–Trinajstić information content (AvgIpc) is 2.90. The van der Waals surface area contributed by atoms with E-state index < -0.39 is 0 Å². The van der Waals surface area contributed by atoms with E-state index in [9.17, 15) is 0 Å². The maximum atomic E-state index is 5.62. The first-order valence-corrected chi connectivity index (χ1v) is 9.51. The Morgan fingerprint density at radius 1 is 1.12 bits per heavy atom. The Hall–Kier alpha value is -1.76. The molecule has 0 amide bonds. The van der Waals surface area contributed by atoms with Crippen LogP contribution in [-0.2, 0) is 26.7 Å². The fraction of sp³-hybridized carbons (Fsp3) is 0.263. The van der Waals surface area contributed by atoms with Gasteiger partial charge in [0.15, 0.2) is 10.6 Å². The van der Waals surface area contributed by atoms with E-state index in [1.54, 1.807) is 0 Å². The highest BCUT2D eigenvalue weighted by atomic mass is 79.9. The minimum atomic E-state index is 0.717. The summed E-state index contributed by atoms with van der Waals surface area (Å²) < 4.78 is 5.70. The lowest BCUT2D eigenvalue weighted by Crippen LogP contribution is -2.32. The van der Waals surface area contributed by atoms with Crippen molar-refractivity contribution in [1.29, 1.82) is 0 Å². The minimum Gasteiger partial charge on any atom is -0.303 e. The molecule has 2 aromatic carbocycles. The van der Waals surface area contributed by atoms with Crippen molar-refractivity contribution in [3.05, 3.63) is 68.9 Å². The second-order valence-electron chi connectivity index (χ2n) is 6.39. The number of halogens is 1. The van der Waals surface area contributed by atoms with E-state index in [4.69, 9.17) is 17.3 Å². The van der Waals surface area contributed by atoms with Crippen molar-refractivity contribution in [2.45, 2.75) is 19.6 Å². The van der Waals surface area contributed by atoms with Gasteiger partial charge in [0.05, 0.1) is 6.67 Å². The summed E-state index contributed by atoms with van der Waals surface area (Å²) >= 11 is 9.14. The van der Waals surface area contributed by atoms with Crippen LogP contribution in [0.1, 0.15) is 11.1 Å². The first-order valence-electron chi connectivity index (χ1n) is 8.31. The molecule has 0 spiro atoms. The molecule has 0 unspecified atom stereocenters. The summed E-state index contributed by atoms with van der Waals surface area (Å²) in [6.07, 6.45) is 1.08. The first kappa shape index (κ1) is 16.7. The van der Waals surface area contributed by atoms with Gasteiger partial charge in [-0.1, -0.05) is 52.3 Å². The zero-order valence-corrected chi connectivity index (χ0v) is 16.4. The smallest absolute Gasteiger partial charge is 0.199 e. The van der Waals surface area contributed by atoms with Gasteiger partial charge in [0.1, 0.15) is 0 Å². The summed E-state index contributed by atoms with van der Waals surface area (Å²) in [5.41, 5.74) is 3.92. The second-order valence-corrected chi connectivity index (χ2v) is 7.67. The van der Waals surface area contributed by atoms with Crippen molar-refractivity contribution < 1.29 is 0 Å².